The van der Waals surface area contributed by atoms with Crippen LogP contribution in [-0.4, -0.2) is 62.3 Å². The minimum absolute atomic E-state index is 0.0136. The molecular formula is C22H23F3N6O4. The number of benzene rings is 1. The van der Waals surface area contributed by atoms with Crippen LogP contribution in [0.3, 0.4) is 0 Å². The van der Waals surface area contributed by atoms with E-state index in [0.29, 0.717) is 17.3 Å². The second kappa shape index (κ2) is 9.86. The van der Waals surface area contributed by atoms with E-state index in [2.05, 4.69) is 33.6 Å². The van der Waals surface area contributed by atoms with Crippen molar-refractivity contribution in [3.63, 3.8) is 0 Å². The summed E-state index contributed by atoms with van der Waals surface area (Å²) < 4.78 is 38.9. The fourth-order valence-corrected chi connectivity index (χ4v) is 3.98. The van der Waals surface area contributed by atoms with E-state index in [1.54, 1.807) is 10.9 Å². The predicted octanol–water partition coefficient (Wildman–Crippen LogP) is 2.62. The first-order valence-corrected chi connectivity index (χ1v) is 10.9. The van der Waals surface area contributed by atoms with Gasteiger partial charge in [-0.1, -0.05) is 23.4 Å². The van der Waals surface area contributed by atoms with Gasteiger partial charge in [-0.2, -0.15) is 13.2 Å². The van der Waals surface area contributed by atoms with Gasteiger partial charge in [-0.3, -0.25) is 4.79 Å². The number of para-hydroxylation sites is 1. The molecule has 1 aromatic carbocycles. The van der Waals surface area contributed by atoms with E-state index in [0.717, 1.165) is 37.4 Å². The number of aryl methyl sites for hydroxylation is 1. The maximum Gasteiger partial charge on any atom is 0.490 e. The number of carbonyl (C=O) groups excluding carboxylic acids is 1. The van der Waals surface area contributed by atoms with Gasteiger partial charge < -0.3 is 19.7 Å². The minimum Gasteiger partial charge on any atom is -0.475 e. The van der Waals surface area contributed by atoms with Crippen LogP contribution in [0.2, 0.25) is 0 Å². The van der Waals surface area contributed by atoms with Crippen molar-refractivity contribution in [2.45, 2.75) is 44.4 Å². The molecule has 0 saturated carbocycles. The molecule has 2 aliphatic heterocycles. The first kappa shape index (κ1) is 24.4. The van der Waals surface area contributed by atoms with Crippen molar-refractivity contribution in [3.8, 4) is 11.4 Å². The summed E-state index contributed by atoms with van der Waals surface area (Å²) in [5.41, 5.74) is 3.56. The van der Waals surface area contributed by atoms with E-state index >= 15 is 0 Å². The predicted molar refractivity (Wildman–Crippen MR) is 117 cm³/mol. The molecule has 35 heavy (non-hydrogen) atoms. The van der Waals surface area contributed by atoms with Crippen LogP contribution in [-0.2, 0) is 22.6 Å². The van der Waals surface area contributed by atoms with Gasteiger partial charge in [-0.05, 0) is 31.4 Å². The summed E-state index contributed by atoms with van der Waals surface area (Å²) in [6, 6.07) is 8.28. The highest BCUT2D eigenvalue weighted by Gasteiger charge is 2.38. The normalized spacial score (nSPS) is 17.7. The average molecular weight is 492 g/mol. The van der Waals surface area contributed by atoms with Crippen LogP contribution >= 0.6 is 0 Å². The van der Waals surface area contributed by atoms with E-state index in [1.165, 1.54) is 12.0 Å². The van der Waals surface area contributed by atoms with Crippen molar-refractivity contribution in [2.24, 2.45) is 0 Å². The standard InChI is InChI=1S/C20H22N6O2.C2HF3O2/c1-13-6-7-14-4-2-3-5-17(14)26(13)18(27)11-25-10-16(23-24-25)19-20(28-12-22-19)15-8-21-9-15;3-2(4,5)1(6)7/h2-5,10,12-13,15,21H,6-9,11H2,1H3;(H,6,7). The number of alkyl halides is 3. The Morgan fingerprint density at radius 2 is 1.97 bits per heavy atom. The van der Waals surface area contributed by atoms with Crippen molar-refractivity contribution < 1.29 is 32.3 Å². The molecule has 3 aromatic rings. The summed E-state index contributed by atoms with van der Waals surface area (Å²) in [7, 11) is 0. The number of nitrogens with one attached hydrogen (secondary N) is 1. The number of oxazole rings is 1. The molecule has 13 heteroatoms. The lowest BCUT2D eigenvalue weighted by Crippen LogP contribution is -2.43. The van der Waals surface area contributed by atoms with E-state index < -0.39 is 12.1 Å². The zero-order valence-electron chi connectivity index (χ0n) is 18.7. The lowest BCUT2D eigenvalue weighted by atomic mass is 9.96. The molecule has 0 spiro atoms. The van der Waals surface area contributed by atoms with Crippen molar-refractivity contribution in [2.75, 3.05) is 18.0 Å². The summed E-state index contributed by atoms with van der Waals surface area (Å²) in [6.45, 7) is 3.99. The third-order valence-corrected chi connectivity index (χ3v) is 5.86. The number of aromatic nitrogens is 4. The number of rotatable bonds is 4. The Kier molecular flexibility index (Phi) is 6.87. The summed E-state index contributed by atoms with van der Waals surface area (Å²) in [4.78, 5) is 28.2. The Morgan fingerprint density at radius 1 is 1.26 bits per heavy atom. The Labute approximate surface area is 197 Å². The molecule has 10 nitrogen and oxygen atoms in total. The number of halogens is 3. The lowest BCUT2D eigenvalue weighted by Gasteiger charge is -2.35. The molecule has 1 atom stereocenters. The van der Waals surface area contributed by atoms with Gasteiger partial charge >= 0.3 is 12.1 Å². The quantitative estimate of drug-likeness (QED) is 0.569. The van der Waals surface area contributed by atoms with Crippen LogP contribution in [0.1, 0.15) is 30.6 Å². The summed E-state index contributed by atoms with van der Waals surface area (Å²) in [5.74, 6) is -1.60. The first-order valence-electron chi connectivity index (χ1n) is 10.9. The molecule has 2 N–H and O–H groups in total. The second-order valence-corrected chi connectivity index (χ2v) is 8.30. The smallest absolute Gasteiger partial charge is 0.475 e. The lowest BCUT2D eigenvalue weighted by molar-refractivity contribution is -0.192. The number of fused-ring (bicyclic) bond motifs is 1. The van der Waals surface area contributed by atoms with Crippen LogP contribution in [0.25, 0.3) is 11.4 Å². The third-order valence-electron chi connectivity index (χ3n) is 5.86. The van der Waals surface area contributed by atoms with Gasteiger partial charge in [0.1, 0.15) is 23.7 Å². The van der Waals surface area contributed by atoms with Crippen molar-refractivity contribution in [1.29, 1.82) is 0 Å². The van der Waals surface area contributed by atoms with E-state index in [-0.39, 0.29) is 18.5 Å². The van der Waals surface area contributed by atoms with E-state index in [4.69, 9.17) is 14.3 Å². The molecule has 0 bridgehead atoms. The number of hydrogen-bond acceptors (Lipinski definition) is 7. The molecule has 1 saturated heterocycles. The number of anilines is 1. The number of carboxylic acids is 1. The molecular weight excluding hydrogens is 469 g/mol. The van der Waals surface area contributed by atoms with Crippen molar-refractivity contribution in [1.82, 2.24) is 25.3 Å². The van der Waals surface area contributed by atoms with Crippen LogP contribution in [0.4, 0.5) is 18.9 Å². The zero-order valence-corrected chi connectivity index (χ0v) is 18.7. The molecule has 5 rings (SSSR count). The van der Waals surface area contributed by atoms with Gasteiger partial charge in [-0.25, -0.2) is 14.5 Å². The molecule has 0 radical (unpaired) electrons. The molecule has 4 heterocycles. The van der Waals surface area contributed by atoms with E-state index in [1.807, 2.05) is 23.1 Å². The molecule has 186 valence electrons. The molecule has 2 aliphatic rings. The number of carbonyl (C=O) groups is 2. The Balaban J connectivity index is 0.000000364. The molecule has 1 amide bonds. The van der Waals surface area contributed by atoms with Crippen LogP contribution in [0.15, 0.2) is 41.3 Å². The monoisotopic (exact) mass is 492 g/mol. The Hall–Kier alpha value is -3.74. The summed E-state index contributed by atoms with van der Waals surface area (Å²) >= 11 is 0. The van der Waals surface area contributed by atoms with Crippen LogP contribution < -0.4 is 10.2 Å². The van der Waals surface area contributed by atoms with Crippen LogP contribution in [0, 0.1) is 0 Å². The second-order valence-electron chi connectivity index (χ2n) is 8.30. The van der Waals surface area contributed by atoms with Gasteiger partial charge in [-0.15, -0.1) is 5.10 Å². The largest absolute Gasteiger partial charge is 0.490 e. The fourth-order valence-electron chi connectivity index (χ4n) is 3.98. The summed E-state index contributed by atoms with van der Waals surface area (Å²) in [6.07, 6.45) is 0.0913. The highest BCUT2D eigenvalue weighted by molar-refractivity contribution is 5.95. The topological polar surface area (TPSA) is 126 Å². The fraction of sp³-hybridized carbons (Fsp3) is 0.409. The molecule has 1 fully saturated rings. The zero-order chi connectivity index (χ0) is 25.2. The van der Waals surface area contributed by atoms with Gasteiger partial charge in [0.25, 0.3) is 0 Å². The number of aliphatic carboxylic acids is 1. The minimum atomic E-state index is -5.08. The maximum atomic E-state index is 13.1. The summed E-state index contributed by atoms with van der Waals surface area (Å²) in [5, 5.41) is 18.7. The van der Waals surface area contributed by atoms with Crippen LogP contribution in [0.5, 0.6) is 0 Å². The maximum absolute atomic E-state index is 13.1. The number of hydrogen-bond donors (Lipinski definition) is 2. The van der Waals surface area contributed by atoms with Gasteiger partial charge in [0, 0.05) is 30.7 Å². The number of carboxylic acid groups (broad SMARTS) is 1. The van der Waals surface area contributed by atoms with Gasteiger partial charge in [0.15, 0.2) is 6.39 Å². The highest BCUT2D eigenvalue weighted by Crippen LogP contribution is 2.31. The Morgan fingerprint density at radius 3 is 2.63 bits per heavy atom. The van der Waals surface area contributed by atoms with E-state index in [9.17, 15) is 18.0 Å². The third kappa shape index (κ3) is 5.34. The van der Waals surface area contributed by atoms with Gasteiger partial charge in [0.05, 0.1) is 6.20 Å². The van der Waals surface area contributed by atoms with Crippen molar-refractivity contribution in [3.05, 3.63) is 48.2 Å². The van der Waals surface area contributed by atoms with Crippen molar-refractivity contribution >= 4 is 17.6 Å². The number of nitrogens with zero attached hydrogens (tertiary/aromatic N) is 5. The molecule has 2 aromatic heterocycles. The molecule has 0 aliphatic carbocycles. The van der Waals surface area contributed by atoms with Gasteiger partial charge in [0.2, 0.25) is 5.91 Å². The highest BCUT2D eigenvalue weighted by atomic mass is 19.4. The average Bonchev–Trinajstić information content (AvgIpc) is 3.41. The number of amides is 1. The SMILES string of the molecule is CC1CCc2ccccc2N1C(=O)Cn1cc(-c2ncoc2C2CNC2)nn1.O=C(O)C(F)(F)F. The Bertz CT molecular complexity index is 1200. The molecule has 1 unspecified atom stereocenters. The first-order chi connectivity index (χ1) is 16.6.